The highest BCUT2D eigenvalue weighted by atomic mass is 16.6. The molecule has 4 nitrogen and oxygen atoms in total. The molecule has 1 saturated heterocycles. The van der Waals surface area contributed by atoms with Gasteiger partial charge < -0.3 is 9.47 Å². The average molecular weight is 226 g/mol. The van der Waals surface area contributed by atoms with Crippen molar-refractivity contribution in [1.82, 2.24) is 0 Å². The van der Waals surface area contributed by atoms with E-state index in [0.29, 0.717) is 6.42 Å². The lowest BCUT2D eigenvalue weighted by Crippen LogP contribution is -2.46. The van der Waals surface area contributed by atoms with Crippen LogP contribution in [0.15, 0.2) is 0 Å². The lowest BCUT2D eigenvalue weighted by Gasteiger charge is -2.41. The topological polar surface area (TPSA) is 52.6 Å². The van der Waals surface area contributed by atoms with E-state index in [-0.39, 0.29) is 11.6 Å². The minimum atomic E-state index is -0.697. The Balaban J connectivity index is 2.01. The van der Waals surface area contributed by atoms with E-state index in [4.69, 9.17) is 4.74 Å². The lowest BCUT2D eigenvalue weighted by atomic mass is 9.78. The fraction of sp³-hybridized carbons (Fsp3) is 0.833. The molecule has 2 aliphatic rings. The van der Waals surface area contributed by atoms with Gasteiger partial charge in [-0.2, -0.15) is 0 Å². The van der Waals surface area contributed by atoms with Crippen LogP contribution in [0.2, 0.25) is 0 Å². The highest BCUT2D eigenvalue weighted by molar-refractivity contribution is 5.95. The van der Waals surface area contributed by atoms with Crippen LogP contribution >= 0.6 is 0 Å². The first-order valence-corrected chi connectivity index (χ1v) is 5.98. The lowest BCUT2D eigenvalue weighted by molar-refractivity contribution is -0.184. The zero-order valence-electron chi connectivity index (χ0n) is 9.66. The molecule has 1 heterocycles. The Hall–Kier alpha value is -1.06. The molecule has 0 aromatic rings. The maximum Gasteiger partial charge on any atom is 0.320 e. The van der Waals surface area contributed by atoms with Crippen molar-refractivity contribution in [2.75, 3.05) is 7.11 Å². The van der Waals surface area contributed by atoms with Crippen LogP contribution in [0.25, 0.3) is 0 Å². The van der Waals surface area contributed by atoms with Crippen molar-refractivity contribution in [3.8, 4) is 0 Å². The first-order valence-electron chi connectivity index (χ1n) is 5.98. The first kappa shape index (κ1) is 11.4. The molecule has 0 aromatic heterocycles. The number of rotatable bonds is 1. The molecular weight excluding hydrogens is 208 g/mol. The van der Waals surface area contributed by atoms with Gasteiger partial charge in [0.25, 0.3) is 0 Å². The Labute approximate surface area is 95.3 Å². The van der Waals surface area contributed by atoms with Crippen LogP contribution in [0.5, 0.6) is 0 Å². The molecular formula is C12H18O4. The van der Waals surface area contributed by atoms with Crippen molar-refractivity contribution in [3.05, 3.63) is 0 Å². The van der Waals surface area contributed by atoms with Crippen molar-refractivity contribution >= 4 is 11.9 Å². The summed E-state index contributed by atoms with van der Waals surface area (Å²) in [5.74, 6) is -1.55. The van der Waals surface area contributed by atoms with Crippen LogP contribution in [0.3, 0.4) is 0 Å². The fourth-order valence-corrected chi connectivity index (χ4v) is 2.77. The van der Waals surface area contributed by atoms with Crippen molar-refractivity contribution in [2.45, 2.75) is 50.5 Å². The van der Waals surface area contributed by atoms with E-state index in [0.717, 1.165) is 32.1 Å². The van der Waals surface area contributed by atoms with Crippen LogP contribution < -0.4 is 0 Å². The molecule has 1 aliphatic carbocycles. The summed E-state index contributed by atoms with van der Waals surface area (Å²) in [6.07, 6.45) is 6.75. The smallest absolute Gasteiger partial charge is 0.320 e. The third kappa shape index (κ3) is 2.06. The van der Waals surface area contributed by atoms with Gasteiger partial charge in [-0.15, -0.1) is 0 Å². The molecule has 0 aromatic carbocycles. The van der Waals surface area contributed by atoms with Gasteiger partial charge in [0, 0.05) is 0 Å². The van der Waals surface area contributed by atoms with Gasteiger partial charge >= 0.3 is 11.9 Å². The molecule has 90 valence electrons. The molecule has 1 saturated carbocycles. The number of esters is 2. The Morgan fingerprint density at radius 3 is 2.56 bits per heavy atom. The number of hydrogen-bond donors (Lipinski definition) is 0. The second kappa shape index (κ2) is 4.44. The maximum atomic E-state index is 11.7. The summed E-state index contributed by atoms with van der Waals surface area (Å²) in [5.41, 5.74) is -0.264. The molecule has 2 fully saturated rings. The Kier molecular flexibility index (Phi) is 3.17. The molecule has 0 N–H and O–H groups in total. The van der Waals surface area contributed by atoms with Gasteiger partial charge in [-0.1, -0.05) is 6.42 Å². The van der Waals surface area contributed by atoms with Crippen LogP contribution in [-0.4, -0.2) is 24.6 Å². The molecule has 1 aliphatic heterocycles. The van der Waals surface area contributed by atoms with Gasteiger partial charge in [0.15, 0.2) is 5.92 Å². The molecule has 0 bridgehead atoms. The zero-order chi connectivity index (χ0) is 11.6. The number of ether oxygens (including phenoxy) is 2. The van der Waals surface area contributed by atoms with Crippen LogP contribution in [0, 0.1) is 5.92 Å². The summed E-state index contributed by atoms with van der Waals surface area (Å²) in [6.45, 7) is 0. The third-order valence-electron chi connectivity index (χ3n) is 3.74. The van der Waals surface area contributed by atoms with Gasteiger partial charge in [0.05, 0.1) is 7.11 Å². The molecule has 1 spiro atoms. The Morgan fingerprint density at radius 1 is 1.31 bits per heavy atom. The summed E-state index contributed by atoms with van der Waals surface area (Å²) in [6, 6.07) is 0. The quantitative estimate of drug-likeness (QED) is 0.505. The molecule has 0 amide bonds. The number of hydrogen-bond acceptors (Lipinski definition) is 4. The van der Waals surface area contributed by atoms with Crippen LogP contribution in [0.4, 0.5) is 0 Å². The van der Waals surface area contributed by atoms with E-state index in [2.05, 4.69) is 4.74 Å². The van der Waals surface area contributed by atoms with E-state index < -0.39 is 11.9 Å². The highest BCUT2D eigenvalue weighted by Crippen LogP contribution is 2.40. The molecule has 4 heteroatoms. The zero-order valence-corrected chi connectivity index (χ0v) is 9.66. The van der Waals surface area contributed by atoms with Crippen molar-refractivity contribution in [1.29, 1.82) is 0 Å². The number of carbonyl (C=O) groups is 2. The van der Waals surface area contributed by atoms with E-state index in [9.17, 15) is 9.59 Å². The van der Waals surface area contributed by atoms with Gasteiger partial charge in [-0.25, -0.2) is 0 Å². The second-order valence-corrected chi connectivity index (χ2v) is 4.78. The summed E-state index contributed by atoms with van der Waals surface area (Å²) in [5, 5.41) is 0. The average Bonchev–Trinajstić information content (AvgIpc) is 2.29. The number of carbonyl (C=O) groups excluding carboxylic acids is 2. The van der Waals surface area contributed by atoms with E-state index in [1.54, 1.807) is 0 Å². The standard InChI is InChI=1S/C12H18O4/c1-15-10(13)9-5-8-12(16-11(9)14)6-3-2-4-7-12/h9H,2-8H2,1H3. The normalized spacial score (nSPS) is 28.6. The van der Waals surface area contributed by atoms with Gasteiger partial charge in [-0.3, -0.25) is 9.59 Å². The molecule has 1 atom stereocenters. The van der Waals surface area contributed by atoms with Crippen molar-refractivity contribution in [3.63, 3.8) is 0 Å². The van der Waals surface area contributed by atoms with E-state index >= 15 is 0 Å². The highest BCUT2D eigenvalue weighted by Gasteiger charge is 2.45. The minimum absolute atomic E-state index is 0.264. The summed E-state index contributed by atoms with van der Waals surface area (Å²) < 4.78 is 10.1. The molecule has 1 unspecified atom stereocenters. The van der Waals surface area contributed by atoms with Crippen LogP contribution in [-0.2, 0) is 19.1 Å². The molecule has 16 heavy (non-hydrogen) atoms. The predicted molar refractivity (Wildman–Crippen MR) is 56.6 cm³/mol. The summed E-state index contributed by atoms with van der Waals surface area (Å²) >= 11 is 0. The van der Waals surface area contributed by atoms with Gasteiger partial charge in [-0.05, 0) is 38.5 Å². The van der Waals surface area contributed by atoms with Crippen LogP contribution in [0.1, 0.15) is 44.9 Å². The minimum Gasteiger partial charge on any atom is -0.468 e. The van der Waals surface area contributed by atoms with E-state index in [1.165, 1.54) is 13.5 Å². The summed E-state index contributed by atoms with van der Waals surface area (Å²) in [4.78, 5) is 23.1. The van der Waals surface area contributed by atoms with Crippen molar-refractivity contribution < 1.29 is 19.1 Å². The first-order chi connectivity index (χ1) is 7.67. The second-order valence-electron chi connectivity index (χ2n) is 4.78. The molecule has 0 radical (unpaired) electrons. The van der Waals surface area contributed by atoms with Gasteiger partial charge in [0.2, 0.25) is 0 Å². The van der Waals surface area contributed by atoms with Crippen molar-refractivity contribution in [2.24, 2.45) is 5.92 Å². The fourth-order valence-electron chi connectivity index (χ4n) is 2.77. The maximum absolute atomic E-state index is 11.7. The predicted octanol–water partition coefficient (Wildman–Crippen LogP) is 1.82. The Morgan fingerprint density at radius 2 is 2.00 bits per heavy atom. The van der Waals surface area contributed by atoms with E-state index in [1.807, 2.05) is 0 Å². The summed E-state index contributed by atoms with van der Waals surface area (Å²) in [7, 11) is 1.31. The van der Waals surface area contributed by atoms with Gasteiger partial charge in [0.1, 0.15) is 5.60 Å². The number of methoxy groups -OCH3 is 1. The largest absolute Gasteiger partial charge is 0.468 e. The Bertz CT molecular complexity index is 291. The molecule has 2 rings (SSSR count). The monoisotopic (exact) mass is 226 g/mol. The SMILES string of the molecule is COC(=O)C1CCC2(CCCCC2)OC1=O. The third-order valence-corrected chi connectivity index (χ3v) is 3.74.